The first kappa shape index (κ1) is 20.2. The second-order valence-electron chi connectivity index (χ2n) is 9.01. The molecular weight excluding hydrogens is 370 g/mol. The van der Waals surface area contributed by atoms with Crippen LogP contribution < -0.4 is 5.73 Å². The fourth-order valence-corrected chi connectivity index (χ4v) is 4.66. The van der Waals surface area contributed by atoms with Crippen LogP contribution in [0, 0.1) is 12.3 Å². The maximum absolute atomic E-state index is 6.32. The Labute approximate surface area is 178 Å². The van der Waals surface area contributed by atoms with Gasteiger partial charge in [0.25, 0.3) is 0 Å². The Kier molecular flexibility index (Phi) is 5.14. The molecule has 0 radical (unpaired) electrons. The number of imidazole rings is 1. The molecule has 0 aliphatic heterocycles. The van der Waals surface area contributed by atoms with Crippen molar-refractivity contribution in [2.24, 2.45) is 5.41 Å². The van der Waals surface area contributed by atoms with Crippen molar-refractivity contribution in [3.8, 4) is 11.4 Å². The average Bonchev–Trinajstić information content (AvgIpc) is 3.33. The van der Waals surface area contributed by atoms with Gasteiger partial charge in [0.1, 0.15) is 22.9 Å². The predicted molar refractivity (Wildman–Crippen MR) is 126 cm³/mol. The van der Waals surface area contributed by atoms with Gasteiger partial charge in [0, 0.05) is 29.2 Å². The molecule has 30 heavy (non-hydrogen) atoms. The maximum Gasteiger partial charge on any atom is 0.150 e. The van der Waals surface area contributed by atoms with E-state index >= 15 is 0 Å². The highest BCUT2D eigenvalue weighted by molar-refractivity contribution is 5.92. The summed E-state index contributed by atoms with van der Waals surface area (Å²) in [7, 11) is 0. The van der Waals surface area contributed by atoms with Gasteiger partial charge in [0.15, 0.2) is 0 Å². The molecule has 5 heteroatoms. The number of aromatic amines is 1. The van der Waals surface area contributed by atoms with E-state index in [1.54, 1.807) is 6.20 Å². The number of aromatic nitrogens is 4. The second-order valence-corrected chi connectivity index (χ2v) is 9.01. The smallest absolute Gasteiger partial charge is 0.150 e. The average molecular weight is 402 g/mol. The standard InChI is InChI=1S/C23H27N5.C2H4/c1-14-5-4-6-16-13-17(26-18(14)16)19-20-21(24)25-11-12-28(20)22(27-19)15-7-9-23(2,3)10-8-15;1-2/h4-6,11-13,15,26H,7-10H2,1-3H3,(H2,24,25);1-2H2. The molecule has 0 bridgehead atoms. The van der Waals surface area contributed by atoms with Crippen LogP contribution >= 0.6 is 0 Å². The molecule has 0 atom stereocenters. The lowest BCUT2D eigenvalue weighted by atomic mass is 9.73. The third-order valence-electron chi connectivity index (χ3n) is 6.43. The molecule has 0 spiro atoms. The lowest BCUT2D eigenvalue weighted by molar-refractivity contribution is 0.220. The zero-order valence-electron chi connectivity index (χ0n) is 18.2. The Balaban J connectivity index is 0.00000106. The molecule has 1 saturated carbocycles. The Bertz CT molecular complexity index is 1190. The molecular formula is C25H31N5. The molecule has 1 aliphatic carbocycles. The van der Waals surface area contributed by atoms with E-state index in [-0.39, 0.29) is 0 Å². The van der Waals surface area contributed by atoms with Crippen LogP contribution in [0.15, 0.2) is 49.8 Å². The Morgan fingerprint density at radius 1 is 1.20 bits per heavy atom. The van der Waals surface area contributed by atoms with Crippen LogP contribution in [0.5, 0.6) is 0 Å². The van der Waals surface area contributed by atoms with Crippen molar-refractivity contribution in [3.63, 3.8) is 0 Å². The minimum absolute atomic E-state index is 0.432. The summed E-state index contributed by atoms with van der Waals surface area (Å²) in [5.74, 6) is 2.11. The zero-order valence-corrected chi connectivity index (χ0v) is 18.2. The van der Waals surface area contributed by atoms with Crippen molar-refractivity contribution >= 4 is 22.2 Å². The van der Waals surface area contributed by atoms with Crippen molar-refractivity contribution in [3.05, 3.63) is 61.2 Å². The van der Waals surface area contributed by atoms with Crippen LogP contribution in [0.25, 0.3) is 27.8 Å². The first-order valence-corrected chi connectivity index (χ1v) is 10.6. The molecule has 3 N–H and O–H groups in total. The fourth-order valence-electron chi connectivity index (χ4n) is 4.66. The van der Waals surface area contributed by atoms with Crippen LogP contribution in [-0.4, -0.2) is 19.4 Å². The molecule has 156 valence electrons. The number of benzene rings is 1. The number of hydrogen-bond donors (Lipinski definition) is 2. The SMILES string of the molecule is C=C.Cc1cccc2cc(-c3nc(C4CCC(C)(C)CC4)n4ccnc(N)c34)[nH]c12. The number of aryl methyl sites for hydroxylation is 1. The van der Waals surface area contributed by atoms with E-state index in [9.17, 15) is 0 Å². The number of rotatable bonds is 2. The van der Waals surface area contributed by atoms with Crippen molar-refractivity contribution in [2.45, 2.75) is 52.4 Å². The first-order valence-electron chi connectivity index (χ1n) is 10.6. The number of nitrogens with two attached hydrogens (primary N) is 1. The number of anilines is 1. The molecule has 5 rings (SSSR count). The topological polar surface area (TPSA) is 72.0 Å². The number of nitrogens with one attached hydrogen (secondary N) is 1. The largest absolute Gasteiger partial charge is 0.382 e. The van der Waals surface area contributed by atoms with Crippen LogP contribution in [0.4, 0.5) is 5.82 Å². The summed E-state index contributed by atoms with van der Waals surface area (Å²) >= 11 is 0. The molecule has 1 aromatic carbocycles. The van der Waals surface area contributed by atoms with Crippen molar-refractivity contribution in [2.75, 3.05) is 5.73 Å². The summed E-state index contributed by atoms with van der Waals surface area (Å²) < 4.78 is 2.17. The molecule has 0 unspecified atom stereocenters. The molecule has 5 nitrogen and oxygen atoms in total. The fraction of sp³-hybridized carbons (Fsp3) is 0.360. The van der Waals surface area contributed by atoms with Crippen LogP contribution in [0.1, 0.15) is 56.8 Å². The molecule has 0 amide bonds. The number of para-hydroxylation sites is 1. The lowest BCUT2D eigenvalue weighted by Crippen LogP contribution is -2.21. The van der Waals surface area contributed by atoms with E-state index in [4.69, 9.17) is 10.7 Å². The molecule has 4 aromatic rings. The van der Waals surface area contributed by atoms with Gasteiger partial charge in [0.2, 0.25) is 0 Å². The van der Waals surface area contributed by atoms with Gasteiger partial charge in [-0.25, -0.2) is 9.97 Å². The quantitative estimate of drug-likeness (QED) is 0.390. The zero-order chi connectivity index (χ0) is 21.5. The molecule has 3 aromatic heterocycles. The Morgan fingerprint density at radius 2 is 1.93 bits per heavy atom. The van der Waals surface area contributed by atoms with Crippen LogP contribution in [0.3, 0.4) is 0 Å². The Morgan fingerprint density at radius 3 is 2.63 bits per heavy atom. The molecule has 0 saturated heterocycles. The number of nitrogens with zero attached hydrogens (tertiary/aromatic N) is 3. The van der Waals surface area contributed by atoms with Gasteiger partial charge < -0.3 is 10.7 Å². The van der Waals surface area contributed by atoms with E-state index in [2.05, 4.69) is 72.6 Å². The highest BCUT2D eigenvalue weighted by Gasteiger charge is 2.31. The minimum atomic E-state index is 0.432. The van der Waals surface area contributed by atoms with E-state index in [0.29, 0.717) is 17.2 Å². The van der Waals surface area contributed by atoms with Gasteiger partial charge in [-0.1, -0.05) is 32.0 Å². The van der Waals surface area contributed by atoms with Gasteiger partial charge in [-0.3, -0.25) is 4.40 Å². The van der Waals surface area contributed by atoms with Crippen LogP contribution in [-0.2, 0) is 0 Å². The summed E-state index contributed by atoms with van der Waals surface area (Å²) in [6.45, 7) is 12.9. The highest BCUT2D eigenvalue weighted by atomic mass is 15.1. The predicted octanol–water partition coefficient (Wildman–Crippen LogP) is 6.25. The van der Waals surface area contributed by atoms with Gasteiger partial charge in [-0.2, -0.15) is 0 Å². The molecule has 1 aliphatic rings. The molecule has 1 fully saturated rings. The summed E-state index contributed by atoms with van der Waals surface area (Å²) in [4.78, 5) is 13.0. The summed E-state index contributed by atoms with van der Waals surface area (Å²) in [5.41, 5.74) is 12.0. The summed E-state index contributed by atoms with van der Waals surface area (Å²) in [6.07, 6.45) is 8.58. The lowest BCUT2D eigenvalue weighted by Gasteiger charge is -2.33. The third kappa shape index (κ3) is 3.38. The van der Waals surface area contributed by atoms with Crippen molar-refractivity contribution in [1.82, 2.24) is 19.4 Å². The van der Waals surface area contributed by atoms with E-state index in [1.165, 1.54) is 36.6 Å². The normalized spacial score (nSPS) is 16.5. The van der Waals surface area contributed by atoms with Crippen LogP contribution in [0.2, 0.25) is 0 Å². The van der Waals surface area contributed by atoms with Crippen molar-refractivity contribution < 1.29 is 0 Å². The van der Waals surface area contributed by atoms with Gasteiger partial charge in [-0.05, 0) is 49.7 Å². The maximum atomic E-state index is 6.32. The van der Waals surface area contributed by atoms with E-state index < -0.39 is 0 Å². The number of hydrogen-bond acceptors (Lipinski definition) is 3. The minimum Gasteiger partial charge on any atom is -0.382 e. The monoisotopic (exact) mass is 401 g/mol. The Hall–Kier alpha value is -3.08. The second kappa shape index (κ2) is 7.63. The van der Waals surface area contributed by atoms with Gasteiger partial charge in [0.05, 0.1) is 5.69 Å². The number of fused-ring (bicyclic) bond motifs is 2. The first-order chi connectivity index (χ1) is 14.4. The summed E-state index contributed by atoms with van der Waals surface area (Å²) in [5, 5.41) is 1.19. The summed E-state index contributed by atoms with van der Waals surface area (Å²) in [6, 6.07) is 8.52. The van der Waals surface area contributed by atoms with Gasteiger partial charge >= 0.3 is 0 Å². The van der Waals surface area contributed by atoms with E-state index in [0.717, 1.165) is 28.2 Å². The number of nitrogen functional groups attached to an aromatic ring is 1. The van der Waals surface area contributed by atoms with Crippen molar-refractivity contribution in [1.29, 1.82) is 0 Å². The highest BCUT2D eigenvalue weighted by Crippen LogP contribution is 2.43. The third-order valence-corrected chi connectivity index (χ3v) is 6.43. The van der Waals surface area contributed by atoms with Gasteiger partial charge in [-0.15, -0.1) is 13.2 Å². The van der Waals surface area contributed by atoms with E-state index in [1.807, 2.05) is 6.20 Å². The molecule has 3 heterocycles. The number of H-pyrrole nitrogens is 1.